The molecule has 20 heavy (non-hydrogen) atoms. The molecule has 0 saturated heterocycles. The summed E-state index contributed by atoms with van der Waals surface area (Å²) < 4.78 is 13.8. The lowest BCUT2D eigenvalue weighted by atomic mass is 10.3. The zero-order valence-electron chi connectivity index (χ0n) is 10.5. The van der Waals surface area contributed by atoms with Crippen LogP contribution in [0.15, 0.2) is 34.2 Å². The van der Waals surface area contributed by atoms with Gasteiger partial charge in [-0.05, 0) is 34.1 Å². The van der Waals surface area contributed by atoms with Gasteiger partial charge in [-0.15, -0.1) is 22.9 Å². The van der Waals surface area contributed by atoms with Crippen molar-refractivity contribution in [3.8, 4) is 17.4 Å². The number of ether oxygens (including phenoxy) is 2. The van der Waals surface area contributed by atoms with Crippen molar-refractivity contribution in [1.82, 2.24) is 9.38 Å². The Labute approximate surface area is 133 Å². The molecule has 0 fully saturated rings. The quantitative estimate of drug-likeness (QED) is 0.622. The Morgan fingerprint density at radius 2 is 2.30 bits per heavy atom. The van der Waals surface area contributed by atoms with Gasteiger partial charge in [0.15, 0.2) is 4.96 Å². The molecule has 0 aliphatic rings. The number of thiazole rings is 1. The highest BCUT2D eigenvalue weighted by Gasteiger charge is 2.15. The monoisotopic (exact) mass is 372 g/mol. The second-order valence-corrected chi connectivity index (χ2v) is 5.95. The molecule has 104 valence electrons. The molecule has 3 aromatic rings. The first-order valence-electron chi connectivity index (χ1n) is 5.74. The molecule has 0 bridgehead atoms. The molecule has 7 heteroatoms. The fourth-order valence-corrected chi connectivity index (χ4v) is 3.22. The summed E-state index contributed by atoms with van der Waals surface area (Å²) in [5.41, 5.74) is 0.839. The van der Waals surface area contributed by atoms with Gasteiger partial charge in [0.05, 0.1) is 17.5 Å². The van der Waals surface area contributed by atoms with E-state index in [0.29, 0.717) is 17.5 Å². The average Bonchev–Trinajstić information content (AvgIpc) is 3.01. The number of nitrogens with zero attached hydrogens (tertiary/aromatic N) is 2. The van der Waals surface area contributed by atoms with Gasteiger partial charge in [0, 0.05) is 11.6 Å². The van der Waals surface area contributed by atoms with E-state index in [1.165, 1.54) is 0 Å². The van der Waals surface area contributed by atoms with E-state index in [1.54, 1.807) is 18.4 Å². The molecule has 4 nitrogen and oxygen atoms in total. The molecule has 0 amide bonds. The molecule has 2 heterocycles. The number of fused-ring (bicyclic) bond motifs is 1. The highest BCUT2D eigenvalue weighted by molar-refractivity contribution is 9.10. The first-order valence-corrected chi connectivity index (χ1v) is 7.95. The van der Waals surface area contributed by atoms with Gasteiger partial charge in [0.2, 0.25) is 5.88 Å². The molecule has 3 rings (SSSR count). The SMILES string of the molecule is COc1ccc(Oc2nc3sccn3c2CCl)c(Br)c1. The third kappa shape index (κ3) is 2.39. The van der Waals surface area contributed by atoms with Crippen LogP contribution >= 0.6 is 38.9 Å². The van der Waals surface area contributed by atoms with Gasteiger partial charge in [-0.25, -0.2) is 0 Å². The zero-order chi connectivity index (χ0) is 14.1. The molecule has 2 aromatic heterocycles. The van der Waals surface area contributed by atoms with Crippen molar-refractivity contribution in [2.24, 2.45) is 0 Å². The highest BCUT2D eigenvalue weighted by Crippen LogP contribution is 2.35. The topological polar surface area (TPSA) is 35.8 Å². The summed E-state index contributed by atoms with van der Waals surface area (Å²) >= 11 is 11.0. The third-order valence-corrected chi connectivity index (χ3v) is 4.43. The molecular weight excluding hydrogens is 364 g/mol. The van der Waals surface area contributed by atoms with Crippen LogP contribution in [0.25, 0.3) is 4.96 Å². The normalized spacial score (nSPS) is 10.9. The summed E-state index contributed by atoms with van der Waals surface area (Å²) in [7, 11) is 1.62. The number of halogens is 2. The average molecular weight is 374 g/mol. The molecule has 0 spiro atoms. The summed E-state index contributed by atoms with van der Waals surface area (Å²) in [5.74, 6) is 2.29. The standard InChI is InChI=1S/C13H10BrClN2O2S/c1-18-8-2-3-11(9(14)6-8)19-12-10(7-15)17-4-5-20-13(17)16-12/h2-6H,7H2,1H3. The van der Waals surface area contributed by atoms with E-state index in [0.717, 1.165) is 20.9 Å². The van der Waals surface area contributed by atoms with E-state index in [4.69, 9.17) is 21.1 Å². The first-order chi connectivity index (χ1) is 9.72. The predicted molar refractivity (Wildman–Crippen MR) is 83.4 cm³/mol. The minimum Gasteiger partial charge on any atom is -0.497 e. The fraction of sp³-hybridized carbons (Fsp3) is 0.154. The van der Waals surface area contributed by atoms with Gasteiger partial charge < -0.3 is 9.47 Å². The minimum absolute atomic E-state index is 0.334. The Morgan fingerprint density at radius 3 is 3.00 bits per heavy atom. The van der Waals surface area contributed by atoms with Crippen LogP contribution in [0, 0.1) is 0 Å². The van der Waals surface area contributed by atoms with Crippen LogP contribution in [0.4, 0.5) is 0 Å². The van der Waals surface area contributed by atoms with Crippen molar-refractivity contribution in [3.63, 3.8) is 0 Å². The van der Waals surface area contributed by atoms with E-state index in [-0.39, 0.29) is 0 Å². The van der Waals surface area contributed by atoms with Gasteiger partial charge in [0.1, 0.15) is 17.2 Å². The number of hydrogen-bond acceptors (Lipinski definition) is 4. The van der Waals surface area contributed by atoms with Crippen molar-refractivity contribution >= 4 is 43.8 Å². The Kier molecular flexibility index (Phi) is 3.87. The van der Waals surface area contributed by atoms with E-state index in [9.17, 15) is 0 Å². The minimum atomic E-state index is 0.334. The Morgan fingerprint density at radius 1 is 1.45 bits per heavy atom. The zero-order valence-corrected chi connectivity index (χ0v) is 13.6. The molecular formula is C13H10BrClN2O2S. The van der Waals surface area contributed by atoms with Crippen LogP contribution in [0.2, 0.25) is 0 Å². The second kappa shape index (κ2) is 5.63. The molecule has 0 radical (unpaired) electrons. The van der Waals surface area contributed by atoms with Gasteiger partial charge in [0.25, 0.3) is 0 Å². The van der Waals surface area contributed by atoms with Gasteiger partial charge >= 0.3 is 0 Å². The van der Waals surface area contributed by atoms with Crippen LogP contribution in [0.1, 0.15) is 5.69 Å². The van der Waals surface area contributed by atoms with Crippen molar-refractivity contribution < 1.29 is 9.47 Å². The highest BCUT2D eigenvalue weighted by atomic mass is 79.9. The summed E-state index contributed by atoms with van der Waals surface area (Å²) in [6, 6.07) is 5.50. The number of rotatable bonds is 4. The maximum atomic E-state index is 6.00. The molecule has 0 unspecified atom stereocenters. The van der Waals surface area contributed by atoms with E-state index >= 15 is 0 Å². The van der Waals surface area contributed by atoms with Crippen molar-refractivity contribution in [3.05, 3.63) is 39.9 Å². The Bertz CT molecular complexity index is 756. The van der Waals surface area contributed by atoms with Gasteiger partial charge in [-0.2, -0.15) is 4.98 Å². The van der Waals surface area contributed by atoms with Gasteiger partial charge in [-0.3, -0.25) is 4.40 Å². The number of imidazole rings is 1. The molecule has 0 aliphatic carbocycles. The summed E-state index contributed by atoms with van der Waals surface area (Å²) in [6.07, 6.45) is 1.93. The maximum absolute atomic E-state index is 6.00. The summed E-state index contributed by atoms with van der Waals surface area (Å²) in [6.45, 7) is 0. The lowest BCUT2D eigenvalue weighted by molar-refractivity contribution is 0.411. The number of alkyl halides is 1. The van der Waals surface area contributed by atoms with E-state index in [1.807, 2.05) is 34.2 Å². The van der Waals surface area contributed by atoms with Crippen LogP contribution < -0.4 is 9.47 Å². The van der Waals surface area contributed by atoms with E-state index < -0.39 is 0 Å². The smallest absolute Gasteiger partial charge is 0.243 e. The molecule has 0 aliphatic heterocycles. The predicted octanol–water partition coefficient (Wildman–Crippen LogP) is 4.70. The van der Waals surface area contributed by atoms with Gasteiger partial charge in [-0.1, -0.05) is 0 Å². The summed E-state index contributed by atoms with van der Waals surface area (Å²) in [5, 5.41) is 1.96. The first kappa shape index (κ1) is 13.7. The Balaban J connectivity index is 1.98. The molecule has 0 atom stereocenters. The lowest BCUT2D eigenvalue weighted by Gasteiger charge is -2.08. The summed E-state index contributed by atoms with van der Waals surface area (Å²) in [4.78, 5) is 5.31. The number of methoxy groups -OCH3 is 1. The van der Waals surface area contributed by atoms with Crippen LogP contribution in [-0.4, -0.2) is 16.5 Å². The number of benzene rings is 1. The van der Waals surface area contributed by atoms with Crippen LogP contribution in [-0.2, 0) is 5.88 Å². The van der Waals surface area contributed by atoms with Crippen molar-refractivity contribution in [2.45, 2.75) is 5.88 Å². The van der Waals surface area contributed by atoms with Crippen molar-refractivity contribution in [2.75, 3.05) is 7.11 Å². The Hall–Kier alpha value is -1.24. The van der Waals surface area contributed by atoms with E-state index in [2.05, 4.69) is 20.9 Å². The second-order valence-electron chi connectivity index (χ2n) is 3.95. The van der Waals surface area contributed by atoms with Crippen LogP contribution in [0.5, 0.6) is 17.4 Å². The number of aromatic nitrogens is 2. The molecule has 1 aromatic carbocycles. The molecule has 0 N–H and O–H groups in total. The lowest BCUT2D eigenvalue weighted by Crippen LogP contribution is -1.92. The third-order valence-electron chi connectivity index (χ3n) is 2.80. The maximum Gasteiger partial charge on any atom is 0.243 e. The van der Waals surface area contributed by atoms with Crippen molar-refractivity contribution in [1.29, 1.82) is 0 Å². The molecule has 0 saturated carbocycles. The fourth-order valence-electron chi connectivity index (χ4n) is 1.81. The number of hydrogen-bond donors (Lipinski definition) is 0. The van der Waals surface area contributed by atoms with Crippen LogP contribution in [0.3, 0.4) is 0 Å². The largest absolute Gasteiger partial charge is 0.497 e.